The van der Waals surface area contributed by atoms with Gasteiger partial charge in [-0.3, -0.25) is 5.41 Å². The number of nitrogens with one attached hydrogen (secondary N) is 2. The summed E-state index contributed by atoms with van der Waals surface area (Å²) >= 11 is 0. The number of hydrogen-bond acceptors (Lipinski definition) is 2. The maximum Gasteiger partial charge on any atom is 0.0831 e. The van der Waals surface area contributed by atoms with Crippen LogP contribution in [0.4, 0.5) is 0 Å². The predicted octanol–water partition coefficient (Wildman–Crippen LogP) is 8.37. The normalized spacial score (nSPS) is 12.8. The molecule has 0 aliphatic rings. The molecular formula is C28H40N2. The smallest absolute Gasteiger partial charge is 0.0831 e. The fourth-order valence-corrected chi connectivity index (χ4v) is 4.44. The van der Waals surface area contributed by atoms with Gasteiger partial charge in [0.1, 0.15) is 0 Å². The van der Waals surface area contributed by atoms with Gasteiger partial charge in [0.2, 0.25) is 0 Å². The fourth-order valence-electron chi connectivity index (χ4n) is 4.44. The van der Waals surface area contributed by atoms with Gasteiger partial charge < -0.3 is 5.41 Å². The van der Waals surface area contributed by atoms with Crippen molar-refractivity contribution in [2.75, 3.05) is 0 Å². The molecule has 2 heteroatoms. The van der Waals surface area contributed by atoms with E-state index in [0.29, 0.717) is 35.1 Å². The van der Waals surface area contributed by atoms with Crippen molar-refractivity contribution < 1.29 is 0 Å². The molecule has 0 radical (unpaired) electrons. The van der Waals surface area contributed by atoms with Gasteiger partial charge in [-0.15, -0.1) is 0 Å². The maximum absolute atomic E-state index is 9.11. The third-order valence-electron chi connectivity index (χ3n) is 6.18. The number of benzene rings is 2. The minimum atomic E-state index is -0.117. The first-order valence-corrected chi connectivity index (χ1v) is 11.4. The van der Waals surface area contributed by atoms with Gasteiger partial charge in [-0.2, -0.15) is 0 Å². The lowest BCUT2D eigenvalue weighted by molar-refractivity contribution is 0.786. The summed E-state index contributed by atoms with van der Waals surface area (Å²) in [6.45, 7) is 19.7. The van der Waals surface area contributed by atoms with Crippen molar-refractivity contribution in [2.24, 2.45) is 0 Å². The number of rotatable bonds is 8. The van der Waals surface area contributed by atoms with Crippen LogP contribution in [0.25, 0.3) is 0 Å². The first-order chi connectivity index (χ1) is 14.0. The van der Waals surface area contributed by atoms with Crippen LogP contribution in [0.2, 0.25) is 0 Å². The average molecular weight is 405 g/mol. The zero-order valence-electron chi connectivity index (χ0n) is 20.4. The summed E-state index contributed by atoms with van der Waals surface area (Å²) in [7, 11) is 0. The van der Waals surface area contributed by atoms with Crippen LogP contribution >= 0.6 is 0 Å². The van der Waals surface area contributed by atoms with Crippen molar-refractivity contribution >= 4 is 11.4 Å². The molecule has 1 unspecified atom stereocenters. The summed E-state index contributed by atoms with van der Waals surface area (Å²) in [5.74, 6) is 1.29. The van der Waals surface area contributed by atoms with E-state index < -0.39 is 0 Å². The molecule has 2 N–H and O–H groups in total. The zero-order chi connectivity index (χ0) is 22.7. The molecule has 0 aromatic heterocycles. The Kier molecular flexibility index (Phi) is 7.80. The lowest BCUT2D eigenvalue weighted by Crippen LogP contribution is -2.25. The van der Waals surface area contributed by atoms with Crippen LogP contribution in [0.15, 0.2) is 36.4 Å². The Morgan fingerprint density at radius 1 is 0.567 bits per heavy atom. The van der Waals surface area contributed by atoms with Crippen LogP contribution < -0.4 is 0 Å². The highest BCUT2D eigenvalue weighted by atomic mass is 14.6. The molecule has 0 aliphatic carbocycles. The van der Waals surface area contributed by atoms with Gasteiger partial charge in [-0.1, -0.05) is 98.7 Å². The van der Waals surface area contributed by atoms with Gasteiger partial charge in [0.05, 0.1) is 11.4 Å². The molecule has 0 bridgehead atoms. The van der Waals surface area contributed by atoms with Crippen molar-refractivity contribution in [1.82, 2.24) is 0 Å². The van der Waals surface area contributed by atoms with Crippen LogP contribution in [-0.4, -0.2) is 11.4 Å². The Hall–Kier alpha value is -2.22. The van der Waals surface area contributed by atoms with E-state index in [1.807, 2.05) is 0 Å². The molecule has 162 valence electrons. The molecule has 2 aromatic rings. The molecule has 0 heterocycles. The standard InChI is InChI=1S/C28H40N2/c1-16(2)21-12-10-13-22(17(3)4)25(21)20(9)27(29)28(30)26-23(18(5)6)14-11-15-24(26)19(7)8/h10-20,29-30H,1-9H3. The summed E-state index contributed by atoms with van der Waals surface area (Å²) in [5, 5.41) is 18.2. The van der Waals surface area contributed by atoms with Gasteiger partial charge in [0.15, 0.2) is 0 Å². The first-order valence-electron chi connectivity index (χ1n) is 11.4. The van der Waals surface area contributed by atoms with Crippen LogP contribution in [0.1, 0.15) is 125 Å². The second-order valence-corrected chi connectivity index (χ2v) is 9.79. The number of hydrogen-bond donors (Lipinski definition) is 2. The van der Waals surface area contributed by atoms with Gasteiger partial charge in [0, 0.05) is 11.5 Å². The highest BCUT2D eigenvalue weighted by Crippen LogP contribution is 2.36. The van der Waals surface area contributed by atoms with E-state index in [4.69, 9.17) is 10.8 Å². The Morgan fingerprint density at radius 3 is 1.23 bits per heavy atom. The monoisotopic (exact) mass is 404 g/mol. The maximum atomic E-state index is 9.11. The lowest BCUT2D eigenvalue weighted by Gasteiger charge is -2.27. The molecular weight excluding hydrogens is 364 g/mol. The zero-order valence-corrected chi connectivity index (χ0v) is 20.4. The van der Waals surface area contributed by atoms with Crippen molar-refractivity contribution in [1.29, 1.82) is 10.8 Å². The highest BCUT2D eigenvalue weighted by Gasteiger charge is 2.27. The van der Waals surface area contributed by atoms with E-state index >= 15 is 0 Å². The molecule has 0 saturated carbocycles. The molecule has 2 rings (SSSR count). The van der Waals surface area contributed by atoms with Gasteiger partial charge in [-0.05, 0) is 51.5 Å². The molecule has 30 heavy (non-hydrogen) atoms. The summed E-state index contributed by atoms with van der Waals surface area (Å²) < 4.78 is 0. The molecule has 0 spiro atoms. The Morgan fingerprint density at radius 2 is 0.900 bits per heavy atom. The molecule has 0 saturated heterocycles. The van der Waals surface area contributed by atoms with Crippen LogP contribution in [0.5, 0.6) is 0 Å². The molecule has 0 amide bonds. The van der Waals surface area contributed by atoms with Crippen molar-refractivity contribution in [3.8, 4) is 0 Å². The average Bonchev–Trinajstić information content (AvgIpc) is 2.70. The SMILES string of the molecule is CC(C)c1cccc(C(C)C)c1C(=N)C(=N)C(C)c1c(C(C)C)cccc1C(C)C. The van der Waals surface area contributed by atoms with Crippen LogP contribution in [0.3, 0.4) is 0 Å². The lowest BCUT2D eigenvalue weighted by atomic mass is 9.77. The topological polar surface area (TPSA) is 47.7 Å². The molecule has 0 aliphatic heterocycles. The van der Waals surface area contributed by atoms with Gasteiger partial charge in [0.25, 0.3) is 0 Å². The van der Waals surface area contributed by atoms with E-state index in [1.165, 1.54) is 27.8 Å². The fraction of sp³-hybridized carbons (Fsp3) is 0.500. The van der Waals surface area contributed by atoms with E-state index in [1.54, 1.807) is 0 Å². The van der Waals surface area contributed by atoms with Gasteiger partial charge >= 0.3 is 0 Å². The van der Waals surface area contributed by atoms with E-state index in [2.05, 4.69) is 98.7 Å². The first kappa shape index (κ1) is 24.1. The Labute approximate surface area is 184 Å². The van der Waals surface area contributed by atoms with Crippen molar-refractivity contribution in [3.63, 3.8) is 0 Å². The molecule has 2 nitrogen and oxygen atoms in total. The predicted molar refractivity (Wildman–Crippen MR) is 132 cm³/mol. The van der Waals surface area contributed by atoms with E-state index in [9.17, 15) is 0 Å². The Bertz CT molecular complexity index is 864. The molecule has 2 aromatic carbocycles. The second kappa shape index (κ2) is 9.73. The largest absolute Gasteiger partial charge is 0.302 e. The van der Waals surface area contributed by atoms with E-state index in [0.717, 1.165) is 5.56 Å². The van der Waals surface area contributed by atoms with Crippen LogP contribution in [-0.2, 0) is 0 Å². The summed E-state index contributed by atoms with van der Waals surface area (Å²) in [5.41, 5.74) is 7.94. The minimum Gasteiger partial charge on any atom is -0.302 e. The third-order valence-corrected chi connectivity index (χ3v) is 6.18. The Balaban J connectivity index is 2.63. The molecule has 1 atom stereocenters. The van der Waals surface area contributed by atoms with Crippen molar-refractivity contribution in [3.05, 3.63) is 69.8 Å². The summed E-state index contributed by atoms with van der Waals surface area (Å²) in [6.07, 6.45) is 0. The minimum absolute atomic E-state index is 0.117. The molecule has 0 fully saturated rings. The second-order valence-electron chi connectivity index (χ2n) is 9.79. The quantitative estimate of drug-likeness (QED) is 0.415. The highest BCUT2D eigenvalue weighted by molar-refractivity contribution is 6.48. The van der Waals surface area contributed by atoms with E-state index in [-0.39, 0.29) is 5.92 Å². The van der Waals surface area contributed by atoms with Crippen LogP contribution in [0, 0.1) is 10.8 Å². The summed E-state index contributed by atoms with van der Waals surface area (Å²) in [6, 6.07) is 12.9. The third kappa shape index (κ3) is 4.74. The van der Waals surface area contributed by atoms with Crippen molar-refractivity contribution in [2.45, 2.75) is 91.9 Å². The van der Waals surface area contributed by atoms with Gasteiger partial charge in [-0.25, -0.2) is 0 Å². The summed E-state index contributed by atoms with van der Waals surface area (Å²) in [4.78, 5) is 0.